The number of amides is 1. The Bertz CT molecular complexity index is 928. The lowest BCUT2D eigenvalue weighted by atomic mass is 10.0. The van der Waals surface area contributed by atoms with Crippen LogP contribution in [0.15, 0.2) is 30.5 Å². The summed E-state index contributed by atoms with van der Waals surface area (Å²) in [6, 6.07) is 5.78. The van der Waals surface area contributed by atoms with E-state index in [1.807, 2.05) is 13.8 Å². The first-order valence-electron chi connectivity index (χ1n) is 9.80. The van der Waals surface area contributed by atoms with E-state index in [1.54, 1.807) is 39.1 Å². The van der Waals surface area contributed by atoms with Crippen LogP contribution in [0.5, 0.6) is 5.88 Å². The van der Waals surface area contributed by atoms with Crippen molar-refractivity contribution in [2.24, 2.45) is 5.92 Å². The number of carbonyl (C=O) groups is 2. The van der Waals surface area contributed by atoms with Crippen molar-refractivity contribution < 1.29 is 27.5 Å². The van der Waals surface area contributed by atoms with Gasteiger partial charge in [-0.15, -0.1) is 0 Å². The Hall–Kier alpha value is -2.97. The highest BCUT2D eigenvalue weighted by Gasteiger charge is 2.28. The van der Waals surface area contributed by atoms with Crippen LogP contribution in [0.3, 0.4) is 0 Å². The van der Waals surface area contributed by atoms with Gasteiger partial charge in [-0.3, -0.25) is 14.6 Å². The van der Waals surface area contributed by atoms with E-state index in [0.29, 0.717) is 22.5 Å². The van der Waals surface area contributed by atoms with Gasteiger partial charge in [0.25, 0.3) is 5.91 Å². The fraction of sp³-hybridized carbons (Fsp3) is 0.455. The summed E-state index contributed by atoms with van der Waals surface area (Å²) in [5.74, 6) is -0.503. The molecule has 0 radical (unpaired) electrons. The average Bonchev–Trinajstić information content (AvgIpc) is 2.70. The second kappa shape index (κ2) is 9.89. The van der Waals surface area contributed by atoms with Crippen molar-refractivity contribution in [1.29, 1.82) is 0 Å². The molecule has 6 nitrogen and oxygen atoms in total. The van der Waals surface area contributed by atoms with Gasteiger partial charge in [-0.25, -0.2) is 4.98 Å². The van der Waals surface area contributed by atoms with E-state index in [4.69, 9.17) is 0 Å². The maximum absolute atomic E-state index is 13.0. The van der Waals surface area contributed by atoms with E-state index in [0.717, 1.165) is 0 Å². The molecule has 0 saturated carbocycles. The zero-order chi connectivity index (χ0) is 23.3. The predicted octanol–water partition coefficient (Wildman–Crippen LogP) is 4.33. The van der Waals surface area contributed by atoms with E-state index in [-0.39, 0.29) is 29.9 Å². The molecule has 0 saturated heterocycles. The molecule has 0 spiro atoms. The van der Waals surface area contributed by atoms with Crippen molar-refractivity contribution in [3.05, 3.63) is 53.0 Å². The van der Waals surface area contributed by atoms with E-state index in [9.17, 15) is 22.8 Å². The van der Waals surface area contributed by atoms with Crippen LogP contribution >= 0.6 is 0 Å². The summed E-state index contributed by atoms with van der Waals surface area (Å²) < 4.78 is 41.4. The van der Waals surface area contributed by atoms with Crippen LogP contribution in [0.4, 0.5) is 13.2 Å². The van der Waals surface area contributed by atoms with E-state index in [1.165, 1.54) is 17.2 Å². The Morgan fingerprint density at radius 2 is 1.84 bits per heavy atom. The predicted molar refractivity (Wildman–Crippen MR) is 109 cm³/mol. The average molecular weight is 437 g/mol. The number of alkyl halides is 3. The maximum atomic E-state index is 13.0. The smallest absolute Gasteiger partial charge is 0.422 e. The number of ether oxygens (including phenoxy) is 1. The maximum Gasteiger partial charge on any atom is 0.422 e. The molecule has 2 heterocycles. The second-order valence-electron chi connectivity index (χ2n) is 7.71. The quantitative estimate of drug-likeness (QED) is 0.615. The number of hydrogen-bond acceptors (Lipinski definition) is 5. The zero-order valence-electron chi connectivity index (χ0n) is 18.2. The molecule has 2 rings (SSSR count). The number of nitrogens with zero attached hydrogens (tertiary/aromatic N) is 3. The summed E-state index contributed by atoms with van der Waals surface area (Å²) >= 11 is 0. The van der Waals surface area contributed by atoms with Gasteiger partial charge in [-0.05, 0) is 31.5 Å². The van der Waals surface area contributed by atoms with Crippen molar-refractivity contribution >= 4 is 11.7 Å². The highest BCUT2D eigenvalue weighted by Crippen LogP contribution is 2.23. The number of Topliss-reactive ketones (excluding diaryl/α,β-unsaturated/α-hetero) is 1. The fourth-order valence-corrected chi connectivity index (χ4v) is 2.82. The van der Waals surface area contributed by atoms with Crippen molar-refractivity contribution in [3.63, 3.8) is 0 Å². The molecule has 1 unspecified atom stereocenters. The number of rotatable bonds is 8. The third-order valence-corrected chi connectivity index (χ3v) is 4.78. The number of ketones is 1. The largest absolute Gasteiger partial charge is 0.468 e. The first kappa shape index (κ1) is 24.3. The summed E-state index contributed by atoms with van der Waals surface area (Å²) in [7, 11) is 1.62. The molecule has 0 aromatic carbocycles. The molecule has 2 aromatic heterocycles. The van der Waals surface area contributed by atoms with Crippen LogP contribution < -0.4 is 4.74 Å². The van der Waals surface area contributed by atoms with Gasteiger partial charge in [-0.2, -0.15) is 13.2 Å². The normalized spacial score (nSPS) is 12.5. The van der Waals surface area contributed by atoms with Crippen molar-refractivity contribution in [3.8, 4) is 5.88 Å². The monoisotopic (exact) mass is 437 g/mol. The molecule has 0 aliphatic heterocycles. The first-order chi connectivity index (χ1) is 14.4. The molecule has 9 heteroatoms. The van der Waals surface area contributed by atoms with Gasteiger partial charge in [0, 0.05) is 48.6 Å². The summed E-state index contributed by atoms with van der Waals surface area (Å²) in [6.07, 6.45) is -2.91. The molecular weight excluding hydrogens is 411 g/mol. The third kappa shape index (κ3) is 7.04. The Balaban J connectivity index is 2.13. The number of aryl methyl sites for hydroxylation is 1. The zero-order valence-corrected chi connectivity index (χ0v) is 18.2. The first-order valence-corrected chi connectivity index (χ1v) is 9.80. The lowest BCUT2D eigenvalue weighted by Crippen LogP contribution is -2.30. The van der Waals surface area contributed by atoms with Crippen LogP contribution in [-0.2, 0) is 11.2 Å². The molecule has 31 heavy (non-hydrogen) atoms. The fourth-order valence-electron chi connectivity index (χ4n) is 2.82. The van der Waals surface area contributed by atoms with Crippen molar-refractivity contribution in [2.75, 3.05) is 13.7 Å². The Morgan fingerprint density at radius 3 is 2.39 bits per heavy atom. The van der Waals surface area contributed by atoms with Crippen LogP contribution in [0.1, 0.15) is 54.1 Å². The van der Waals surface area contributed by atoms with E-state index >= 15 is 0 Å². The van der Waals surface area contributed by atoms with Gasteiger partial charge in [0.05, 0.1) is 6.04 Å². The molecule has 0 N–H and O–H groups in total. The Labute approximate surface area is 179 Å². The molecule has 168 valence electrons. The van der Waals surface area contributed by atoms with Crippen LogP contribution in [0.2, 0.25) is 0 Å². The molecule has 0 fully saturated rings. The van der Waals surface area contributed by atoms with Gasteiger partial charge < -0.3 is 9.64 Å². The standard InChI is InChI=1S/C22H26F3N3O3/c1-13(2)19(29)10-18-9-17(8-14(3)27-18)21(30)28(5)15(4)16-6-7-20(26-11-16)31-12-22(23,24)25/h6-9,11,13,15H,10,12H2,1-5H3. The van der Waals surface area contributed by atoms with Crippen LogP contribution in [0, 0.1) is 12.8 Å². The SMILES string of the molecule is Cc1cc(C(=O)N(C)C(C)c2ccc(OCC(F)(F)F)nc2)cc(CC(=O)C(C)C)n1. The van der Waals surface area contributed by atoms with Gasteiger partial charge in [0.1, 0.15) is 5.78 Å². The van der Waals surface area contributed by atoms with E-state index < -0.39 is 18.8 Å². The van der Waals surface area contributed by atoms with E-state index in [2.05, 4.69) is 14.7 Å². The van der Waals surface area contributed by atoms with Crippen LogP contribution in [0.25, 0.3) is 0 Å². The summed E-state index contributed by atoms with van der Waals surface area (Å²) in [5, 5.41) is 0. The minimum Gasteiger partial charge on any atom is -0.468 e. The Kier molecular flexibility index (Phi) is 7.75. The van der Waals surface area contributed by atoms with Gasteiger partial charge in [-0.1, -0.05) is 19.9 Å². The molecular formula is C22H26F3N3O3. The lowest BCUT2D eigenvalue weighted by Gasteiger charge is -2.25. The topological polar surface area (TPSA) is 72.4 Å². The number of hydrogen-bond donors (Lipinski definition) is 0. The number of halogens is 3. The lowest BCUT2D eigenvalue weighted by molar-refractivity contribution is -0.154. The highest BCUT2D eigenvalue weighted by atomic mass is 19.4. The van der Waals surface area contributed by atoms with Gasteiger partial charge in [0.2, 0.25) is 5.88 Å². The van der Waals surface area contributed by atoms with Gasteiger partial charge >= 0.3 is 6.18 Å². The molecule has 0 bridgehead atoms. The van der Waals surface area contributed by atoms with Gasteiger partial charge in [0.15, 0.2) is 6.61 Å². The van der Waals surface area contributed by atoms with Crippen molar-refractivity contribution in [2.45, 2.75) is 46.3 Å². The van der Waals surface area contributed by atoms with Crippen molar-refractivity contribution in [1.82, 2.24) is 14.9 Å². The molecule has 0 aliphatic rings. The molecule has 1 atom stereocenters. The third-order valence-electron chi connectivity index (χ3n) is 4.78. The minimum absolute atomic E-state index is 0.0390. The van der Waals surface area contributed by atoms with Crippen LogP contribution in [-0.4, -0.2) is 46.4 Å². The molecule has 2 aromatic rings. The number of carbonyl (C=O) groups excluding carboxylic acids is 2. The Morgan fingerprint density at radius 1 is 1.16 bits per heavy atom. The summed E-state index contributed by atoms with van der Waals surface area (Å²) in [5.41, 5.74) is 2.21. The minimum atomic E-state index is -4.44. The highest BCUT2D eigenvalue weighted by molar-refractivity contribution is 5.94. The molecule has 0 aliphatic carbocycles. The second-order valence-corrected chi connectivity index (χ2v) is 7.71. The molecule has 1 amide bonds. The number of pyridine rings is 2. The number of aromatic nitrogens is 2. The summed E-state index contributed by atoms with van der Waals surface area (Å²) in [6.45, 7) is 5.74. The summed E-state index contributed by atoms with van der Waals surface area (Å²) in [4.78, 5) is 34.8.